The third-order valence-corrected chi connectivity index (χ3v) is 3.98. The quantitative estimate of drug-likeness (QED) is 0.913. The Hall–Kier alpha value is -2.08. The molecule has 1 unspecified atom stereocenters. The molecule has 2 heterocycles. The number of hydrogen-bond acceptors (Lipinski definition) is 4. The van der Waals surface area contributed by atoms with Crippen molar-refractivity contribution in [1.82, 2.24) is 10.3 Å². The van der Waals surface area contributed by atoms with Crippen molar-refractivity contribution in [2.75, 3.05) is 18.5 Å². The summed E-state index contributed by atoms with van der Waals surface area (Å²) in [7, 11) is 0. The van der Waals surface area contributed by atoms with E-state index in [1.54, 1.807) is 6.20 Å². The molecule has 0 saturated heterocycles. The van der Waals surface area contributed by atoms with E-state index in [-0.39, 0.29) is 11.9 Å². The van der Waals surface area contributed by atoms with E-state index in [0.29, 0.717) is 18.3 Å². The number of aryl methyl sites for hydroxylation is 1. The van der Waals surface area contributed by atoms with Gasteiger partial charge in [0.05, 0.1) is 6.61 Å². The van der Waals surface area contributed by atoms with Gasteiger partial charge in [0, 0.05) is 29.1 Å². The number of urea groups is 1. The summed E-state index contributed by atoms with van der Waals surface area (Å²) in [6.07, 6.45) is 1.74. The third kappa shape index (κ3) is 2.75. The van der Waals surface area contributed by atoms with E-state index < -0.39 is 0 Å². The predicted molar refractivity (Wildman–Crippen MR) is 78.6 cm³/mol. The number of hydrogen-bond donors (Lipinski definition) is 2. The molecule has 104 valence electrons. The fourth-order valence-corrected chi connectivity index (χ4v) is 2.83. The van der Waals surface area contributed by atoms with Crippen LogP contribution in [-0.4, -0.2) is 24.2 Å². The Morgan fingerprint density at radius 1 is 1.50 bits per heavy atom. The Morgan fingerprint density at radius 3 is 3.15 bits per heavy atom. The van der Waals surface area contributed by atoms with Crippen molar-refractivity contribution >= 4 is 22.5 Å². The Morgan fingerprint density at radius 2 is 2.35 bits per heavy atom. The van der Waals surface area contributed by atoms with Crippen molar-refractivity contribution in [1.29, 1.82) is 0 Å². The van der Waals surface area contributed by atoms with Crippen LogP contribution in [0, 0.1) is 6.92 Å². The van der Waals surface area contributed by atoms with Crippen molar-refractivity contribution in [3.8, 4) is 5.75 Å². The first-order chi connectivity index (χ1) is 9.72. The molecule has 1 aliphatic rings. The smallest absolute Gasteiger partial charge is 0.321 e. The number of carbonyl (C=O) groups excluding carboxylic acids is 1. The number of amides is 2. The lowest BCUT2D eigenvalue weighted by atomic mass is 10.0. The second kappa shape index (κ2) is 5.50. The lowest BCUT2D eigenvalue weighted by molar-refractivity contribution is 0.250. The first kappa shape index (κ1) is 12.9. The van der Waals surface area contributed by atoms with Gasteiger partial charge in [-0.25, -0.2) is 9.78 Å². The molecule has 0 saturated carbocycles. The van der Waals surface area contributed by atoms with Gasteiger partial charge >= 0.3 is 6.03 Å². The molecule has 6 heteroatoms. The standard InChI is InChI=1S/C14H15N3O2S/c1-9-6-16-14(20-9)17-13(18)15-7-10-8-19-12-5-3-2-4-11(10)12/h2-6,10H,7-8H2,1H3,(H2,15,16,17,18). The predicted octanol–water partition coefficient (Wildman–Crippen LogP) is 2.75. The monoisotopic (exact) mass is 289 g/mol. The Kier molecular flexibility index (Phi) is 3.56. The van der Waals surface area contributed by atoms with Gasteiger partial charge in [-0.3, -0.25) is 5.32 Å². The highest BCUT2D eigenvalue weighted by molar-refractivity contribution is 7.15. The molecule has 0 bridgehead atoms. The first-order valence-corrected chi connectivity index (χ1v) is 7.23. The number of para-hydroxylation sites is 1. The number of carbonyl (C=O) groups is 1. The first-order valence-electron chi connectivity index (χ1n) is 6.41. The molecule has 0 fully saturated rings. The number of nitrogens with zero attached hydrogens (tertiary/aromatic N) is 1. The van der Waals surface area contributed by atoms with Crippen LogP contribution in [0.4, 0.5) is 9.93 Å². The molecule has 2 amide bonds. The van der Waals surface area contributed by atoms with Gasteiger partial charge in [-0.15, -0.1) is 11.3 Å². The van der Waals surface area contributed by atoms with Crippen LogP contribution in [0.5, 0.6) is 5.75 Å². The van der Waals surface area contributed by atoms with Gasteiger partial charge in [0.2, 0.25) is 0 Å². The Balaban J connectivity index is 1.54. The minimum absolute atomic E-state index is 0.204. The summed E-state index contributed by atoms with van der Waals surface area (Å²) < 4.78 is 5.58. The average Bonchev–Trinajstić information content (AvgIpc) is 3.03. The number of nitrogens with one attached hydrogen (secondary N) is 2. The van der Waals surface area contributed by atoms with Crippen molar-refractivity contribution in [2.24, 2.45) is 0 Å². The highest BCUT2D eigenvalue weighted by atomic mass is 32.1. The highest BCUT2D eigenvalue weighted by Gasteiger charge is 2.23. The summed E-state index contributed by atoms with van der Waals surface area (Å²) in [5.74, 6) is 1.12. The van der Waals surface area contributed by atoms with E-state index in [1.807, 2.05) is 31.2 Å². The van der Waals surface area contributed by atoms with Gasteiger partial charge in [0.25, 0.3) is 0 Å². The van der Waals surface area contributed by atoms with E-state index >= 15 is 0 Å². The number of aromatic nitrogens is 1. The van der Waals surface area contributed by atoms with Crippen LogP contribution in [0.25, 0.3) is 0 Å². The van der Waals surface area contributed by atoms with Crippen LogP contribution < -0.4 is 15.4 Å². The fraction of sp³-hybridized carbons (Fsp3) is 0.286. The lowest BCUT2D eigenvalue weighted by Gasteiger charge is -2.10. The number of anilines is 1. The maximum absolute atomic E-state index is 11.8. The molecule has 0 spiro atoms. The van der Waals surface area contributed by atoms with Crippen molar-refractivity contribution in [3.63, 3.8) is 0 Å². The van der Waals surface area contributed by atoms with Crippen LogP contribution in [-0.2, 0) is 0 Å². The lowest BCUT2D eigenvalue weighted by Crippen LogP contribution is -2.32. The van der Waals surface area contributed by atoms with Crippen LogP contribution in [0.2, 0.25) is 0 Å². The summed E-state index contributed by atoms with van der Waals surface area (Å²) in [5, 5.41) is 6.20. The molecule has 1 aliphatic heterocycles. The number of fused-ring (bicyclic) bond motifs is 1. The molecule has 1 aromatic heterocycles. The number of thiazole rings is 1. The molecule has 1 atom stereocenters. The van der Waals surface area contributed by atoms with Gasteiger partial charge in [0.15, 0.2) is 5.13 Å². The number of ether oxygens (including phenoxy) is 1. The minimum atomic E-state index is -0.233. The third-order valence-electron chi connectivity index (χ3n) is 3.15. The molecular formula is C14H15N3O2S. The van der Waals surface area contributed by atoms with Crippen LogP contribution in [0.1, 0.15) is 16.4 Å². The average molecular weight is 289 g/mol. The molecule has 0 aliphatic carbocycles. The molecule has 0 radical (unpaired) electrons. The second-order valence-electron chi connectivity index (χ2n) is 4.66. The molecule has 5 nitrogen and oxygen atoms in total. The van der Waals surface area contributed by atoms with Crippen LogP contribution in [0.15, 0.2) is 30.5 Å². The van der Waals surface area contributed by atoms with Crippen molar-refractivity contribution in [3.05, 3.63) is 40.9 Å². The zero-order chi connectivity index (χ0) is 13.9. The summed E-state index contributed by atoms with van der Waals surface area (Å²) in [6, 6.07) is 7.69. The van der Waals surface area contributed by atoms with E-state index in [2.05, 4.69) is 15.6 Å². The van der Waals surface area contributed by atoms with Crippen LogP contribution >= 0.6 is 11.3 Å². The highest BCUT2D eigenvalue weighted by Crippen LogP contribution is 2.32. The molecular weight excluding hydrogens is 274 g/mol. The Bertz CT molecular complexity index is 626. The van der Waals surface area contributed by atoms with Gasteiger partial charge in [-0.05, 0) is 13.0 Å². The SMILES string of the molecule is Cc1cnc(NC(=O)NCC2COc3ccccc32)s1. The fourth-order valence-electron chi connectivity index (χ4n) is 2.17. The minimum Gasteiger partial charge on any atom is -0.493 e. The second-order valence-corrected chi connectivity index (χ2v) is 5.89. The van der Waals surface area contributed by atoms with Gasteiger partial charge in [0.1, 0.15) is 5.75 Å². The number of benzene rings is 1. The zero-order valence-corrected chi connectivity index (χ0v) is 11.9. The Labute approximate surface area is 121 Å². The van der Waals surface area contributed by atoms with E-state index in [0.717, 1.165) is 16.2 Å². The maximum Gasteiger partial charge on any atom is 0.321 e. The number of rotatable bonds is 3. The van der Waals surface area contributed by atoms with Crippen LogP contribution in [0.3, 0.4) is 0 Å². The van der Waals surface area contributed by atoms with Crippen molar-refractivity contribution < 1.29 is 9.53 Å². The normalized spacial score (nSPS) is 16.4. The summed E-state index contributed by atoms with van der Waals surface area (Å²) >= 11 is 1.45. The van der Waals surface area contributed by atoms with Crippen molar-refractivity contribution in [2.45, 2.75) is 12.8 Å². The van der Waals surface area contributed by atoms with E-state index in [1.165, 1.54) is 11.3 Å². The summed E-state index contributed by atoms with van der Waals surface area (Å²) in [5.41, 5.74) is 1.15. The molecule has 2 aromatic rings. The van der Waals surface area contributed by atoms with Gasteiger partial charge in [-0.1, -0.05) is 18.2 Å². The summed E-state index contributed by atoms with van der Waals surface area (Å²) in [6.45, 7) is 3.11. The van der Waals surface area contributed by atoms with Gasteiger partial charge in [-0.2, -0.15) is 0 Å². The summed E-state index contributed by atoms with van der Waals surface area (Å²) in [4.78, 5) is 17.0. The maximum atomic E-state index is 11.8. The van der Waals surface area contributed by atoms with Gasteiger partial charge < -0.3 is 10.1 Å². The molecule has 20 heavy (non-hydrogen) atoms. The van der Waals surface area contributed by atoms with E-state index in [4.69, 9.17) is 4.74 Å². The van der Waals surface area contributed by atoms with E-state index in [9.17, 15) is 4.79 Å². The molecule has 2 N–H and O–H groups in total. The molecule has 3 rings (SSSR count). The largest absolute Gasteiger partial charge is 0.493 e. The molecule has 1 aromatic carbocycles. The zero-order valence-electron chi connectivity index (χ0n) is 11.1. The topological polar surface area (TPSA) is 63.2 Å².